The highest BCUT2D eigenvalue weighted by Crippen LogP contribution is 2.41. The van der Waals surface area contributed by atoms with Gasteiger partial charge in [-0.25, -0.2) is 4.68 Å². The van der Waals surface area contributed by atoms with Gasteiger partial charge >= 0.3 is 0 Å². The van der Waals surface area contributed by atoms with Crippen LogP contribution in [0.1, 0.15) is 32.1 Å². The molecule has 9 nitrogen and oxygen atoms in total. The Bertz CT molecular complexity index is 1260. The number of hydrogen-bond acceptors (Lipinski definition) is 7. The van der Waals surface area contributed by atoms with Crippen LogP contribution in [-0.2, 0) is 11.8 Å². The summed E-state index contributed by atoms with van der Waals surface area (Å²) in [5.41, 5.74) is 4.76. The van der Waals surface area contributed by atoms with Crippen LogP contribution in [0.2, 0.25) is 0 Å². The monoisotopic (exact) mass is 419 g/mol. The molecule has 0 amide bonds. The second-order valence-electron chi connectivity index (χ2n) is 8.60. The number of aromatic nitrogens is 6. The Morgan fingerprint density at radius 1 is 1.23 bits per heavy atom. The fourth-order valence-electron chi connectivity index (χ4n) is 4.89. The van der Waals surface area contributed by atoms with Gasteiger partial charge in [-0.05, 0) is 49.8 Å². The van der Waals surface area contributed by atoms with Gasteiger partial charge in [-0.3, -0.25) is 0 Å². The molecular formula is C22H25N7O2. The summed E-state index contributed by atoms with van der Waals surface area (Å²) < 4.78 is 13.3. The summed E-state index contributed by atoms with van der Waals surface area (Å²) in [7, 11) is 3.54. The number of methoxy groups -OCH3 is 1. The molecule has 1 aromatic carbocycles. The standard InChI is InChI=1S/C22H25N7O2/c1-29-17-11-13(3-4-16(17)27-28-29)15-12-23-19-18(15)20(30-2)26-21(25-19)24-14-5-7-22(8-6-14)9-10-31-22/h3-4,11-12,14H,5-10H2,1-2H3,(H2,23,24,25,26)/t14-,22-. The van der Waals surface area contributed by atoms with E-state index in [1.807, 2.05) is 25.4 Å². The van der Waals surface area contributed by atoms with Gasteiger partial charge in [-0.15, -0.1) is 5.10 Å². The molecule has 2 N–H and O–H groups in total. The van der Waals surface area contributed by atoms with Gasteiger partial charge < -0.3 is 19.8 Å². The van der Waals surface area contributed by atoms with E-state index < -0.39 is 0 Å². The van der Waals surface area contributed by atoms with Gasteiger partial charge in [0.15, 0.2) is 0 Å². The van der Waals surface area contributed by atoms with E-state index in [9.17, 15) is 0 Å². The van der Waals surface area contributed by atoms with Crippen LogP contribution in [0.3, 0.4) is 0 Å². The molecule has 0 unspecified atom stereocenters. The first-order valence-corrected chi connectivity index (χ1v) is 10.8. The lowest BCUT2D eigenvalue weighted by molar-refractivity contribution is -0.165. The van der Waals surface area contributed by atoms with Crippen molar-refractivity contribution in [2.75, 3.05) is 19.0 Å². The Kier molecular flexibility index (Phi) is 4.14. The van der Waals surface area contributed by atoms with Crippen LogP contribution in [0.25, 0.3) is 33.2 Å². The Hall–Kier alpha value is -3.20. The molecule has 2 fully saturated rings. The number of benzene rings is 1. The second kappa shape index (κ2) is 6.91. The zero-order valence-electron chi connectivity index (χ0n) is 17.7. The molecule has 4 aromatic rings. The Labute approximate surface area is 179 Å². The lowest BCUT2D eigenvalue weighted by atomic mass is 9.77. The number of H-pyrrole nitrogens is 1. The van der Waals surface area contributed by atoms with Crippen LogP contribution >= 0.6 is 0 Å². The molecule has 9 heteroatoms. The van der Waals surface area contributed by atoms with Crippen LogP contribution in [0, 0.1) is 0 Å². The van der Waals surface area contributed by atoms with Gasteiger partial charge in [0.1, 0.15) is 11.2 Å². The summed E-state index contributed by atoms with van der Waals surface area (Å²) in [6.07, 6.45) is 7.48. The van der Waals surface area contributed by atoms with E-state index in [2.05, 4.69) is 31.7 Å². The van der Waals surface area contributed by atoms with Crippen molar-refractivity contribution in [1.82, 2.24) is 29.9 Å². The highest BCUT2D eigenvalue weighted by atomic mass is 16.5. The Morgan fingerprint density at radius 2 is 2.06 bits per heavy atom. The van der Waals surface area contributed by atoms with Crippen molar-refractivity contribution in [2.24, 2.45) is 7.05 Å². The maximum atomic E-state index is 5.83. The summed E-state index contributed by atoms with van der Waals surface area (Å²) in [6, 6.07) is 6.43. The minimum absolute atomic E-state index is 0.152. The Balaban J connectivity index is 1.32. The van der Waals surface area contributed by atoms with E-state index in [-0.39, 0.29) is 5.60 Å². The fourth-order valence-corrected chi connectivity index (χ4v) is 4.89. The molecule has 0 atom stereocenters. The highest BCUT2D eigenvalue weighted by molar-refractivity contribution is 5.99. The summed E-state index contributed by atoms with van der Waals surface area (Å²) >= 11 is 0. The van der Waals surface area contributed by atoms with E-state index in [1.54, 1.807) is 11.8 Å². The lowest BCUT2D eigenvalue weighted by Gasteiger charge is -2.46. The van der Waals surface area contributed by atoms with Crippen LogP contribution in [0.4, 0.5) is 5.95 Å². The van der Waals surface area contributed by atoms with Crippen LogP contribution in [0.15, 0.2) is 24.4 Å². The molecule has 6 rings (SSSR count). The van der Waals surface area contributed by atoms with Crippen molar-refractivity contribution in [3.8, 4) is 17.0 Å². The van der Waals surface area contributed by atoms with Crippen molar-refractivity contribution in [2.45, 2.75) is 43.7 Å². The van der Waals surface area contributed by atoms with E-state index in [4.69, 9.17) is 14.5 Å². The molecule has 31 heavy (non-hydrogen) atoms. The number of aromatic amines is 1. The quantitative estimate of drug-likeness (QED) is 0.522. The van der Waals surface area contributed by atoms with Crippen LogP contribution < -0.4 is 10.1 Å². The predicted molar refractivity (Wildman–Crippen MR) is 117 cm³/mol. The molecule has 1 spiro atoms. The molecule has 1 aliphatic heterocycles. The summed E-state index contributed by atoms with van der Waals surface area (Å²) in [4.78, 5) is 12.7. The molecule has 4 heterocycles. The van der Waals surface area contributed by atoms with Crippen molar-refractivity contribution in [1.29, 1.82) is 0 Å². The SMILES string of the molecule is COc1nc(N[C@H]2CC[C@@]3(CCO3)CC2)nc2[nH]cc(-c3ccc4nnn(C)c4c3)c12. The van der Waals surface area contributed by atoms with Crippen molar-refractivity contribution >= 4 is 28.0 Å². The number of hydrogen-bond donors (Lipinski definition) is 2. The molecule has 0 radical (unpaired) electrons. The number of rotatable bonds is 4. The average molecular weight is 419 g/mol. The van der Waals surface area contributed by atoms with Gasteiger partial charge in [0.05, 0.1) is 30.2 Å². The number of aryl methyl sites for hydroxylation is 1. The third kappa shape index (κ3) is 3.03. The van der Waals surface area contributed by atoms with Gasteiger partial charge in [-0.2, -0.15) is 9.97 Å². The van der Waals surface area contributed by atoms with E-state index in [0.29, 0.717) is 17.9 Å². The number of nitrogens with one attached hydrogen (secondary N) is 2. The van der Waals surface area contributed by atoms with Crippen molar-refractivity contribution < 1.29 is 9.47 Å². The predicted octanol–water partition coefficient (Wildman–Crippen LogP) is 3.43. The minimum Gasteiger partial charge on any atom is -0.480 e. The highest BCUT2D eigenvalue weighted by Gasteiger charge is 2.41. The van der Waals surface area contributed by atoms with Gasteiger partial charge in [0, 0.05) is 24.8 Å². The zero-order valence-corrected chi connectivity index (χ0v) is 17.7. The van der Waals surface area contributed by atoms with Gasteiger partial charge in [-0.1, -0.05) is 11.3 Å². The summed E-state index contributed by atoms with van der Waals surface area (Å²) in [6.45, 7) is 0.911. The number of ether oxygens (including phenoxy) is 2. The fraction of sp³-hybridized carbons (Fsp3) is 0.455. The van der Waals surface area contributed by atoms with Crippen LogP contribution in [-0.4, -0.2) is 55.3 Å². The third-order valence-electron chi connectivity index (χ3n) is 6.81. The normalized spacial score (nSPS) is 23.4. The molecule has 2 aliphatic rings. The number of fused-ring (bicyclic) bond motifs is 2. The molecule has 0 bridgehead atoms. The molecular weight excluding hydrogens is 394 g/mol. The number of anilines is 1. The maximum absolute atomic E-state index is 5.83. The second-order valence-corrected chi connectivity index (χ2v) is 8.60. The first kappa shape index (κ1) is 18.6. The third-order valence-corrected chi connectivity index (χ3v) is 6.81. The van der Waals surface area contributed by atoms with Gasteiger partial charge in [0.2, 0.25) is 11.8 Å². The van der Waals surface area contributed by atoms with Gasteiger partial charge in [0.25, 0.3) is 0 Å². The van der Waals surface area contributed by atoms with E-state index in [0.717, 1.165) is 65.5 Å². The first-order chi connectivity index (χ1) is 15.1. The van der Waals surface area contributed by atoms with Crippen LogP contribution in [0.5, 0.6) is 5.88 Å². The number of nitrogens with zero attached hydrogens (tertiary/aromatic N) is 5. The average Bonchev–Trinajstić information content (AvgIpc) is 3.36. The Morgan fingerprint density at radius 3 is 2.81 bits per heavy atom. The lowest BCUT2D eigenvalue weighted by Crippen LogP contribution is -2.48. The molecule has 1 saturated heterocycles. The maximum Gasteiger partial charge on any atom is 0.228 e. The van der Waals surface area contributed by atoms with E-state index in [1.165, 1.54) is 6.42 Å². The van der Waals surface area contributed by atoms with E-state index >= 15 is 0 Å². The minimum atomic E-state index is 0.152. The largest absolute Gasteiger partial charge is 0.480 e. The van der Waals surface area contributed by atoms with Crippen molar-refractivity contribution in [3.63, 3.8) is 0 Å². The van der Waals surface area contributed by atoms with Crippen molar-refractivity contribution in [3.05, 3.63) is 24.4 Å². The zero-order chi connectivity index (χ0) is 21.0. The molecule has 1 saturated carbocycles. The smallest absolute Gasteiger partial charge is 0.228 e. The molecule has 3 aromatic heterocycles. The summed E-state index contributed by atoms with van der Waals surface area (Å²) in [5.74, 6) is 1.15. The molecule has 1 aliphatic carbocycles. The first-order valence-electron chi connectivity index (χ1n) is 10.8. The molecule has 160 valence electrons. The topological polar surface area (TPSA) is 103 Å². The summed E-state index contributed by atoms with van der Waals surface area (Å²) in [5, 5.41) is 12.6.